The molecule has 3 aromatic rings. The number of nitrogens with one attached hydrogen (secondary N) is 1. The van der Waals surface area contributed by atoms with Crippen molar-refractivity contribution in [2.75, 3.05) is 11.9 Å². The van der Waals surface area contributed by atoms with Gasteiger partial charge in [0.15, 0.2) is 6.61 Å². The molecule has 1 amide bonds. The Bertz CT molecular complexity index is 870. The number of aryl methyl sites for hydroxylation is 2. The lowest BCUT2D eigenvalue weighted by molar-refractivity contribution is -0.147. The molecule has 134 valence electrons. The van der Waals surface area contributed by atoms with E-state index in [9.17, 15) is 9.59 Å². The van der Waals surface area contributed by atoms with Gasteiger partial charge in [0.2, 0.25) is 0 Å². The molecule has 0 radical (unpaired) electrons. The number of fused-ring (bicyclic) bond motifs is 1. The molecule has 0 aliphatic heterocycles. The Balaban J connectivity index is 1.42. The highest BCUT2D eigenvalue weighted by atomic mass is 32.1. The van der Waals surface area contributed by atoms with Gasteiger partial charge in [0, 0.05) is 12.1 Å². The molecular formula is C20H20N2O3S. The largest absolute Gasteiger partial charge is 0.456 e. The number of benzene rings is 2. The van der Waals surface area contributed by atoms with Crippen molar-refractivity contribution in [2.45, 2.75) is 26.2 Å². The number of amides is 1. The minimum absolute atomic E-state index is 0.207. The van der Waals surface area contributed by atoms with Crippen LogP contribution in [0.5, 0.6) is 0 Å². The van der Waals surface area contributed by atoms with E-state index in [0.29, 0.717) is 12.1 Å². The third kappa shape index (κ3) is 4.89. The van der Waals surface area contributed by atoms with Gasteiger partial charge in [-0.1, -0.05) is 31.2 Å². The number of esters is 1. The number of para-hydroxylation sites is 1. The normalized spacial score (nSPS) is 10.7. The monoisotopic (exact) mass is 368 g/mol. The Morgan fingerprint density at radius 2 is 1.88 bits per heavy atom. The number of anilines is 1. The second kappa shape index (κ2) is 8.58. The molecule has 0 spiro atoms. The van der Waals surface area contributed by atoms with Crippen LogP contribution in [0.25, 0.3) is 10.2 Å². The number of carbonyl (C=O) groups is 2. The van der Waals surface area contributed by atoms with Crippen LogP contribution in [0.4, 0.5) is 5.69 Å². The van der Waals surface area contributed by atoms with Gasteiger partial charge in [-0.2, -0.15) is 0 Å². The van der Waals surface area contributed by atoms with Gasteiger partial charge in [-0.25, -0.2) is 4.98 Å². The molecule has 1 heterocycles. The van der Waals surface area contributed by atoms with Crippen LogP contribution in [0.3, 0.4) is 0 Å². The zero-order valence-corrected chi connectivity index (χ0v) is 15.3. The predicted octanol–water partition coefficient (Wildman–Crippen LogP) is 3.97. The molecule has 0 saturated heterocycles. The number of aromatic nitrogens is 1. The summed E-state index contributed by atoms with van der Waals surface area (Å²) in [6, 6.07) is 15.5. The number of thiazole rings is 1. The van der Waals surface area contributed by atoms with E-state index in [4.69, 9.17) is 4.74 Å². The first-order valence-corrected chi connectivity index (χ1v) is 9.34. The zero-order chi connectivity index (χ0) is 18.4. The van der Waals surface area contributed by atoms with Gasteiger partial charge >= 0.3 is 5.97 Å². The molecular weight excluding hydrogens is 348 g/mol. The maximum Gasteiger partial charge on any atom is 0.306 e. The fraction of sp³-hybridized carbons (Fsp3) is 0.250. The minimum atomic E-state index is -0.402. The SMILES string of the molecule is CCc1ccc(NC(=O)COC(=O)CCc2nc3ccccc3s2)cc1. The number of hydrogen-bond donors (Lipinski definition) is 1. The van der Waals surface area contributed by atoms with Gasteiger partial charge in [0.1, 0.15) is 0 Å². The molecule has 5 nitrogen and oxygen atoms in total. The van der Waals surface area contributed by atoms with E-state index < -0.39 is 5.97 Å². The molecule has 0 unspecified atom stereocenters. The summed E-state index contributed by atoms with van der Waals surface area (Å²) in [7, 11) is 0. The van der Waals surface area contributed by atoms with Crippen LogP contribution in [0, 0.1) is 0 Å². The maximum absolute atomic E-state index is 11.9. The third-order valence-electron chi connectivity index (χ3n) is 3.89. The van der Waals surface area contributed by atoms with E-state index >= 15 is 0 Å². The minimum Gasteiger partial charge on any atom is -0.456 e. The van der Waals surface area contributed by atoms with Crippen LogP contribution in [0.15, 0.2) is 48.5 Å². The molecule has 1 aromatic heterocycles. The number of ether oxygens (including phenoxy) is 1. The molecule has 0 saturated carbocycles. The molecule has 2 aromatic carbocycles. The van der Waals surface area contributed by atoms with Crippen LogP contribution in [-0.4, -0.2) is 23.5 Å². The first-order chi connectivity index (χ1) is 12.6. The van der Waals surface area contributed by atoms with E-state index in [1.165, 1.54) is 5.56 Å². The summed E-state index contributed by atoms with van der Waals surface area (Å²) in [5.41, 5.74) is 2.83. The average molecular weight is 368 g/mol. The van der Waals surface area contributed by atoms with Gasteiger partial charge in [-0.3, -0.25) is 9.59 Å². The van der Waals surface area contributed by atoms with Crippen molar-refractivity contribution in [2.24, 2.45) is 0 Å². The second-order valence-corrected chi connectivity index (χ2v) is 6.95. The highest BCUT2D eigenvalue weighted by Crippen LogP contribution is 2.22. The molecule has 26 heavy (non-hydrogen) atoms. The standard InChI is InChI=1S/C20H20N2O3S/c1-2-14-7-9-15(10-8-14)21-18(23)13-25-20(24)12-11-19-22-16-5-3-4-6-17(16)26-19/h3-10H,2,11-13H2,1H3,(H,21,23). The smallest absolute Gasteiger partial charge is 0.306 e. The Kier molecular flexibility index (Phi) is 5.96. The quantitative estimate of drug-likeness (QED) is 0.641. The van der Waals surface area contributed by atoms with Crippen LogP contribution < -0.4 is 5.32 Å². The molecule has 0 atom stereocenters. The van der Waals surface area contributed by atoms with Crippen molar-refractivity contribution in [3.63, 3.8) is 0 Å². The van der Waals surface area contributed by atoms with Gasteiger partial charge in [-0.05, 0) is 36.2 Å². The molecule has 0 aliphatic rings. The van der Waals surface area contributed by atoms with E-state index in [-0.39, 0.29) is 18.9 Å². The summed E-state index contributed by atoms with van der Waals surface area (Å²) >= 11 is 1.57. The summed E-state index contributed by atoms with van der Waals surface area (Å²) in [6.07, 6.45) is 1.66. The summed E-state index contributed by atoms with van der Waals surface area (Å²) < 4.78 is 6.14. The van der Waals surface area contributed by atoms with Crippen molar-refractivity contribution in [1.29, 1.82) is 0 Å². The van der Waals surface area contributed by atoms with E-state index in [1.54, 1.807) is 11.3 Å². The van der Waals surface area contributed by atoms with Gasteiger partial charge in [-0.15, -0.1) is 11.3 Å². The lowest BCUT2D eigenvalue weighted by Crippen LogP contribution is -2.21. The topological polar surface area (TPSA) is 68.3 Å². The first kappa shape index (κ1) is 18.1. The fourth-order valence-corrected chi connectivity index (χ4v) is 3.44. The average Bonchev–Trinajstić information content (AvgIpc) is 3.08. The van der Waals surface area contributed by atoms with E-state index in [2.05, 4.69) is 17.2 Å². The Morgan fingerprint density at radius 1 is 1.12 bits per heavy atom. The summed E-state index contributed by atoms with van der Waals surface area (Å²) in [5, 5.41) is 3.61. The van der Waals surface area contributed by atoms with Crippen molar-refractivity contribution in [3.8, 4) is 0 Å². The van der Waals surface area contributed by atoms with Crippen molar-refractivity contribution in [3.05, 3.63) is 59.1 Å². The Labute approximate surface area is 156 Å². The lowest BCUT2D eigenvalue weighted by Gasteiger charge is -2.07. The van der Waals surface area contributed by atoms with Crippen molar-refractivity contribution >= 4 is 39.1 Å². The van der Waals surface area contributed by atoms with Crippen LogP contribution in [0.1, 0.15) is 23.9 Å². The maximum atomic E-state index is 11.9. The highest BCUT2D eigenvalue weighted by Gasteiger charge is 2.10. The van der Waals surface area contributed by atoms with Crippen molar-refractivity contribution < 1.29 is 14.3 Å². The third-order valence-corrected chi connectivity index (χ3v) is 4.99. The molecule has 0 bridgehead atoms. The fourth-order valence-electron chi connectivity index (χ4n) is 2.47. The van der Waals surface area contributed by atoms with Crippen LogP contribution in [-0.2, 0) is 27.2 Å². The van der Waals surface area contributed by atoms with Gasteiger partial charge in [0.25, 0.3) is 5.91 Å². The molecule has 0 aliphatic carbocycles. The zero-order valence-electron chi connectivity index (χ0n) is 14.5. The van der Waals surface area contributed by atoms with Crippen LogP contribution in [0.2, 0.25) is 0 Å². The highest BCUT2D eigenvalue weighted by molar-refractivity contribution is 7.18. The molecule has 3 rings (SSSR count). The second-order valence-electron chi connectivity index (χ2n) is 5.83. The van der Waals surface area contributed by atoms with Crippen LogP contribution >= 0.6 is 11.3 Å². The van der Waals surface area contributed by atoms with Gasteiger partial charge in [0.05, 0.1) is 21.6 Å². The van der Waals surface area contributed by atoms with E-state index in [0.717, 1.165) is 21.6 Å². The predicted molar refractivity (Wildman–Crippen MR) is 103 cm³/mol. The van der Waals surface area contributed by atoms with E-state index in [1.807, 2.05) is 48.5 Å². The first-order valence-electron chi connectivity index (χ1n) is 8.53. The Hall–Kier alpha value is -2.73. The summed E-state index contributed by atoms with van der Waals surface area (Å²) in [6.45, 7) is 1.79. The summed E-state index contributed by atoms with van der Waals surface area (Å²) in [5.74, 6) is -0.747. The molecule has 0 fully saturated rings. The van der Waals surface area contributed by atoms with Crippen molar-refractivity contribution in [1.82, 2.24) is 4.98 Å². The van der Waals surface area contributed by atoms with Gasteiger partial charge < -0.3 is 10.1 Å². The lowest BCUT2D eigenvalue weighted by atomic mass is 10.1. The summed E-state index contributed by atoms with van der Waals surface area (Å²) in [4.78, 5) is 28.2. The number of carbonyl (C=O) groups excluding carboxylic acids is 2. The number of rotatable bonds is 7. The number of hydrogen-bond acceptors (Lipinski definition) is 5. The molecule has 1 N–H and O–H groups in total. The molecule has 6 heteroatoms. The Morgan fingerprint density at radius 3 is 2.62 bits per heavy atom. The number of nitrogens with zero attached hydrogens (tertiary/aromatic N) is 1.